The van der Waals surface area contributed by atoms with Crippen LogP contribution in [-0.4, -0.2) is 31.1 Å². The van der Waals surface area contributed by atoms with E-state index in [1.54, 1.807) is 0 Å². The van der Waals surface area contributed by atoms with Crippen LogP contribution >= 0.6 is 0 Å². The number of hydrogen-bond acceptors (Lipinski definition) is 2. The van der Waals surface area contributed by atoms with Crippen molar-refractivity contribution in [1.82, 2.24) is 4.90 Å². The van der Waals surface area contributed by atoms with Crippen molar-refractivity contribution in [2.45, 2.75) is 26.7 Å². The first kappa shape index (κ1) is 20.2. The zero-order valence-electron chi connectivity index (χ0n) is 17.1. The molecule has 2 heteroatoms. The Kier molecular flexibility index (Phi) is 7.69. The van der Waals surface area contributed by atoms with Gasteiger partial charge in [-0.2, -0.15) is 0 Å². The second kappa shape index (κ2) is 10.7. The van der Waals surface area contributed by atoms with E-state index in [9.17, 15) is 0 Å². The molecule has 2 nitrogen and oxygen atoms in total. The third-order valence-corrected chi connectivity index (χ3v) is 5.16. The standard InChI is InChI=1S/C26H31NO/c1-3-27(4-2)19-20-28-25-17-15-24(16-18-25)26(23-13-9-6-10-14-23)21-22-11-7-5-8-12-22/h6-7,9-18,21H,3-5,8,19-20H2,1-2H3/b26-21+. The van der Waals surface area contributed by atoms with Crippen LogP contribution in [0, 0.1) is 0 Å². The summed E-state index contributed by atoms with van der Waals surface area (Å²) < 4.78 is 5.95. The summed E-state index contributed by atoms with van der Waals surface area (Å²) >= 11 is 0. The highest BCUT2D eigenvalue weighted by Gasteiger charge is 2.07. The molecule has 0 aliphatic heterocycles. The Hall–Kier alpha value is -2.58. The van der Waals surface area contributed by atoms with Crippen LogP contribution in [0.2, 0.25) is 0 Å². The van der Waals surface area contributed by atoms with E-state index >= 15 is 0 Å². The highest BCUT2D eigenvalue weighted by atomic mass is 16.5. The van der Waals surface area contributed by atoms with Crippen LogP contribution in [0.4, 0.5) is 0 Å². The minimum atomic E-state index is 0.722. The van der Waals surface area contributed by atoms with Crippen LogP contribution in [-0.2, 0) is 0 Å². The maximum absolute atomic E-state index is 5.95. The van der Waals surface area contributed by atoms with Crippen LogP contribution in [0.5, 0.6) is 5.75 Å². The second-order valence-electron chi connectivity index (χ2n) is 7.01. The summed E-state index contributed by atoms with van der Waals surface area (Å²) in [6.45, 7) is 8.19. The molecule has 1 aliphatic carbocycles. The molecule has 3 rings (SSSR count). The van der Waals surface area contributed by atoms with Gasteiger partial charge in [0.15, 0.2) is 0 Å². The number of allylic oxidation sites excluding steroid dienone is 5. The third kappa shape index (κ3) is 5.71. The average Bonchev–Trinajstić information content (AvgIpc) is 2.77. The molecule has 0 amide bonds. The van der Waals surface area contributed by atoms with E-state index in [1.165, 1.54) is 22.3 Å². The summed E-state index contributed by atoms with van der Waals surface area (Å²) in [6, 6.07) is 19.1. The lowest BCUT2D eigenvalue weighted by atomic mass is 9.94. The molecule has 1 aliphatic rings. The van der Waals surface area contributed by atoms with Gasteiger partial charge in [0.25, 0.3) is 0 Å². The lowest BCUT2D eigenvalue weighted by Gasteiger charge is -2.18. The fourth-order valence-corrected chi connectivity index (χ4v) is 3.42. The van der Waals surface area contributed by atoms with Crippen molar-refractivity contribution in [1.29, 1.82) is 0 Å². The van der Waals surface area contributed by atoms with Crippen molar-refractivity contribution in [2.75, 3.05) is 26.2 Å². The average molecular weight is 374 g/mol. The van der Waals surface area contributed by atoms with Crippen LogP contribution in [0.3, 0.4) is 0 Å². The number of likely N-dealkylation sites (N-methyl/N-ethyl adjacent to an activating group) is 1. The van der Waals surface area contributed by atoms with Gasteiger partial charge in [-0.05, 0) is 66.4 Å². The molecule has 0 fully saturated rings. The second-order valence-corrected chi connectivity index (χ2v) is 7.01. The number of rotatable bonds is 9. The molecule has 0 saturated carbocycles. The number of benzene rings is 2. The van der Waals surface area contributed by atoms with Gasteiger partial charge < -0.3 is 9.64 Å². The van der Waals surface area contributed by atoms with Crippen molar-refractivity contribution in [2.24, 2.45) is 0 Å². The molecule has 0 heterocycles. The zero-order chi connectivity index (χ0) is 19.6. The minimum absolute atomic E-state index is 0.722. The maximum Gasteiger partial charge on any atom is 0.119 e. The first-order valence-corrected chi connectivity index (χ1v) is 10.4. The molecule has 0 bridgehead atoms. The normalized spacial score (nSPS) is 14.2. The van der Waals surface area contributed by atoms with Crippen molar-refractivity contribution in [3.05, 3.63) is 95.6 Å². The number of nitrogens with zero attached hydrogens (tertiary/aromatic N) is 1. The third-order valence-electron chi connectivity index (χ3n) is 5.16. The molecular weight excluding hydrogens is 342 g/mol. The van der Waals surface area contributed by atoms with E-state index in [4.69, 9.17) is 4.74 Å². The Balaban J connectivity index is 1.76. The first-order valence-electron chi connectivity index (χ1n) is 10.4. The Labute approximate surface area is 169 Å². The molecule has 0 atom stereocenters. The van der Waals surface area contributed by atoms with Gasteiger partial charge in [0.1, 0.15) is 12.4 Å². The fraction of sp³-hybridized carbons (Fsp3) is 0.308. The van der Waals surface area contributed by atoms with E-state index in [2.05, 4.69) is 97.6 Å². The van der Waals surface area contributed by atoms with Gasteiger partial charge in [-0.3, -0.25) is 0 Å². The first-order chi connectivity index (χ1) is 13.8. The quantitative estimate of drug-likeness (QED) is 0.525. The monoisotopic (exact) mass is 373 g/mol. The summed E-state index contributed by atoms with van der Waals surface area (Å²) in [7, 11) is 0. The van der Waals surface area contributed by atoms with Gasteiger partial charge in [-0.25, -0.2) is 0 Å². The van der Waals surface area contributed by atoms with Gasteiger partial charge in [0.2, 0.25) is 0 Å². The predicted molar refractivity (Wildman–Crippen MR) is 120 cm³/mol. The molecule has 2 aromatic carbocycles. The van der Waals surface area contributed by atoms with Crippen molar-refractivity contribution in [3.8, 4) is 5.75 Å². The largest absolute Gasteiger partial charge is 0.492 e. The summed E-state index contributed by atoms with van der Waals surface area (Å²) in [6.07, 6.45) is 11.3. The summed E-state index contributed by atoms with van der Waals surface area (Å²) in [5, 5.41) is 0. The Morgan fingerprint density at radius 2 is 1.64 bits per heavy atom. The molecule has 2 aromatic rings. The fourth-order valence-electron chi connectivity index (χ4n) is 3.42. The smallest absolute Gasteiger partial charge is 0.119 e. The Bertz CT molecular complexity index is 811. The van der Waals surface area contributed by atoms with Gasteiger partial charge >= 0.3 is 0 Å². The van der Waals surface area contributed by atoms with Crippen LogP contribution in [0.25, 0.3) is 5.57 Å². The van der Waals surface area contributed by atoms with Gasteiger partial charge in [-0.1, -0.05) is 74.5 Å². The molecule has 0 saturated heterocycles. The van der Waals surface area contributed by atoms with Crippen molar-refractivity contribution in [3.63, 3.8) is 0 Å². The van der Waals surface area contributed by atoms with E-state index in [0.29, 0.717) is 0 Å². The molecule has 0 radical (unpaired) electrons. The number of hydrogen-bond donors (Lipinski definition) is 0. The van der Waals surface area contributed by atoms with Crippen molar-refractivity contribution >= 4 is 5.57 Å². The topological polar surface area (TPSA) is 12.5 Å². The zero-order valence-corrected chi connectivity index (χ0v) is 17.1. The Morgan fingerprint density at radius 3 is 2.29 bits per heavy atom. The summed E-state index contributed by atoms with van der Waals surface area (Å²) in [4.78, 5) is 2.37. The van der Waals surface area contributed by atoms with Gasteiger partial charge in [-0.15, -0.1) is 0 Å². The van der Waals surface area contributed by atoms with Gasteiger partial charge in [0, 0.05) is 6.54 Å². The molecule has 0 unspecified atom stereocenters. The van der Waals surface area contributed by atoms with E-state index in [-0.39, 0.29) is 0 Å². The van der Waals surface area contributed by atoms with E-state index in [0.717, 1.165) is 44.8 Å². The molecule has 0 N–H and O–H groups in total. The lowest BCUT2D eigenvalue weighted by molar-refractivity contribution is 0.223. The van der Waals surface area contributed by atoms with Gasteiger partial charge in [0.05, 0.1) is 0 Å². The maximum atomic E-state index is 5.95. The molecule has 0 aromatic heterocycles. The SMILES string of the molecule is CCN(CC)CCOc1ccc(/C(=C/C2=CCCC=C2)c2ccccc2)cc1. The van der Waals surface area contributed by atoms with E-state index < -0.39 is 0 Å². The summed E-state index contributed by atoms with van der Waals surface area (Å²) in [5.41, 5.74) is 4.97. The summed E-state index contributed by atoms with van der Waals surface area (Å²) in [5.74, 6) is 0.931. The van der Waals surface area contributed by atoms with Crippen LogP contribution in [0.1, 0.15) is 37.8 Å². The lowest BCUT2D eigenvalue weighted by Crippen LogP contribution is -2.27. The molecule has 146 valence electrons. The molecular formula is C26H31NO. The number of ether oxygens (including phenoxy) is 1. The minimum Gasteiger partial charge on any atom is -0.492 e. The van der Waals surface area contributed by atoms with Crippen LogP contribution in [0.15, 0.2) is 84.5 Å². The van der Waals surface area contributed by atoms with Crippen molar-refractivity contribution < 1.29 is 4.74 Å². The molecule has 28 heavy (non-hydrogen) atoms. The van der Waals surface area contributed by atoms with Crippen LogP contribution < -0.4 is 4.74 Å². The molecule has 0 spiro atoms. The highest BCUT2D eigenvalue weighted by molar-refractivity contribution is 5.82. The predicted octanol–water partition coefficient (Wildman–Crippen LogP) is 6.12. The van der Waals surface area contributed by atoms with E-state index in [1.807, 2.05) is 0 Å². The Morgan fingerprint density at radius 1 is 0.929 bits per heavy atom. The highest BCUT2D eigenvalue weighted by Crippen LogP contribution is 2.28.